The molecule has 0 saturated heterocycles. The van der Waals surface area contributed by atoms with Crippen molar-refractivity contribution in [3.05, 3.63) is 53.7 Å². The zero-order valence-electron chi connectivity index (χ0n) is 13.8. The lowest BCUT2D eigenvalue weighted by molar-refractivity contribution is 0.0964. The third kappa shape index (κ3) is 2.42. The third-order valence-corrected chi connectivity index (χ3v) is 4.21. The van der Waals surface area contributed by atoms with Gasteiger partial charge in [0.15, 0.2) is 5.75 Å². The minimum atomic E-state index is -0.190. The first-order chi connectivity index (χ1) is 12.2. The number of fused-ring (bicyclic) bond motifs is 2. The summed E-state index contributed by atoms with van der Waals surface area (Å²) in [6, 6.07) is 10.9. The Morgan fingerprint density at radius 3 is 2.48 bits per heavy atom. The van der Waals surface area contributed by atoms with E-state index in [4.69, 9.17) is 14.2 Å². The Morgan fingerprint density at radius 2 is 1.76 bits per heavy atom. The van der Waals surface area contributed by atoms with Crippen molar-refractivity contribution in [3.63, 3.8) is 0 Å². The van der Waals surface area contributed by atoms with Gasteiger partial charge in [0.2, 0.25) is 0 Å². The Balaban J connectivity index is 1.93. The van der Waals surface area contributed by atoms with Crippen LogP contribution in [0.25, 0.3) is 10.9 Å². The first kappa shape index (κ1) is 15.3. The van der Waals surface area contributed by atoms with Crippen LogP contribution in [0.1, 0.15) is 15.9 Å². The lowest BCUT2D eigenvalue weighted by atomic mass is 10.0. The van der Waals surface area contributed by atoms with Crippen LogP contribution < -0.4 is 19.5 Å². The van der Waals surface area contributed by atoms with Gasteiger partial charge < -0.3 is 19.5 Å². The van der Waals surface area contributed by atoms with Crippen molar-refractivity contribution in [1.82, 2.24) is 10.3 Å². The molecule has 25 heavy (non-hydrogen) atoms. The number of hydrogen-bond donors (Lipinski definition) is 1. The van der Waals surface area contributed by atoms with Gasteiger partial charge in [-0.3, -0.25) is 9.78 Å². The van der Waals surface area contributed by atoms with Crippen LogP contribution in [0, 0.1) is 0 Å². The van der Waals surface area contributed by atoms with Gasteiger partial charge >= 0.3 is 0 Å². The Labute approximate surface area is 144 Å². The quantitative estimate of drug-likeness (QED) is 0.792. The van der Waals surface area contributed by atoms with Crippen LogP contribution in [0.5, 0.6) is 23.0 Å². The summed E-state index contributed by atoms with van der Waals surface area (Å²) in [6.45, 7) is 0.404. The van der Waals surface area contributed by atoms with Gasteiger partial charge in [0.1, 0.15) is 22.8 Å². The second kappa shape index (κ2) is 5.98. The molecule has 1 aliphatic rings. The average Bonchev–Trinajstić information content (AvgIpc) is 3.04. The molecule has 126 valence electrons. The number of ether oxygens (including phenoxy) is 3. The predicted octanol–water partition coefficient (Wildman–Crippen LogP) is 3.29. The lowest BCUT2D eigenvalue weighted by Gasteiger charge is -2.15. The monoisotopic (exact) mass is 336 g/mol. The normalized spacial score (nSPS) is 12.6. The highest BCUT2D eigenvalue weighted by molar-refractivity contribution is 6.09. The number of nitrogens with one attached hydrogen (secondary N) is 1. The molecule has 0 saturated carbocycles. The fourth-order valence-corrected chi connectivity index (χ4v) is 3.06. The van der Waals surface area contributed by atoms with E-state index in [-0.39, 0.29) is 5.91 Å². The van der Waals surface area contributed by atoms with Crippen LogP contribution >= 0.6 is 0 Å². The highest BCUT2D eigenvalue weighted by atomic mass is 16.5. The van der Waals surface area contributed by atoms with Gasteiger partial charge in [-0.05, 0) is 36.4 Å². The van der Waals surface area contributed by atoms with Crippen LogP contribution in [0.15, 0.2) is 42.6 Å². The summed E-state index contributed by atoms with van der Waals surface area (Å²) in [7, 11) is 3.20. The summed E-state index contributed by atoms with van der Waals surface area (Å²) < 4.78 is 16.8. The van der Waals surface area contributed by atoms with Crippen molar-refractivity contribution in [2.24, 2.45) is 0 Å². The van der Waals surface area contributed by atoms with E-state index in [1.165, 1.54) is 0 Å². The summed E-state index contributed by atoms with van der Waals surface area (Å²) in [5, 5.41) is 3.64. The summed E-state index contributed by atoms with van der Waals surface area (Å²) in [6.07, 6.45) is 1.67. The molecule has 1 amide bonds. The van der Waals surface area contributed by atoms with Gasteiger partial charge in [-0.1, -0.05) is 0 Å². The van der Waals surface area contributed by atoms with Gasteiger partial charge in [-0.25, -0.2) is 0 Å². The van der Waals surface area contributed by atoms with E-state index in [0.29, 0.717) is 34.9 Å². The number of carbonyl (C=O) groups is 1. The fraction of sp³-hybridized carbons (Fsp3) is 0.158. The number of methoxy groups -OCH3 is 2. The molecule has 0 aliphatic carbocycles. The van der Waals surface area contributed by atoms with E-state index in [0.717, 1.165) is 16.7 Å². The second-order valence-electron chi connectivity index (χ2n) is 5.58. The molecule has 2 heterocycles. The Kier molecular flexibility index (Phi) is 3.65. The molecular weight excluding hydrogens is 320 g/mol. The molecule has 1 aromatic heterocycles. The van der Waals surface area contributed by atoms with Crippen molar-refractivity contribution < 1.29 is 19.0 Å². The molecule has 3 aromatic rings. The van der Waals surface area contributed by atoms with Gasteiger partial charge in [0.05, 0.1) is 19.8 Å². The maximum absolute atomic E-state index is 12.4. The van der Waals surface area contributed by atoms with Crippen molar-refractivity contribution in [2.75, 3.05) is 14.2 Å². The van der Waals surface area contributed by atoms with Gasteiger partial charge in [0, 0.05) is 23.7 Å². The van der Waals surface area contributed by atoms with Crippen molar-refractivity contribution in [1.29, 1.82) is 0 Å². The minimum Gasteiger partial charge on any atom is -0.497 e. The van der Waals surface area contributed by atoms with Crippen LogP contribution in [0.4, 0.5) is 0 Å². The van der Waals surface area contributed by atoms with E-state index in [1.807, 2.05) is 12.1 Å². The molecule has 1 N–H and O–H groups in total. The Bertz CT molecular complexity index is 967. The van der Waals surface area contributed by atoms with Gasteiger partial charge in [-0.15, -0.1) is 0 Å². The minimum absolute atomic E-state index is 0.190. The maximum atomic E-state index is 12.4. The molecule has 6 nitrogen and oxygen atoms in total. The first-order valence-corrected chi connectivity index (χ1v) is 7.80. The van der Waals surface area contributed by atoms with E-state index in [9.17, 15) is 4.79 Å². The molecule has 1 aliphatic heterocycles. The summed E-state index contributed by atoms with van der Waals surface area (Å²) in [5.41, 5.74) is 1.85. The number of nitrogens with zero attached hydrogens (tertiary/aromatic N) is 1. The van der Waals surface area contributed by atoms with Crippen LogP contribution in [0.2, 0.25) is 0 Å². The van der Waals surface area contributed by atoms with Crippen molar-refractivity contribution in [2.45, 2.75) is 6.54 Å². The molecular formula is C19H16N2O4. The topological polar surface area (TPSA) is 69.7 Å². The largest absolute Gasteiger partial charge is 0.497 e. The molecule has 0 spiro atoms. The highest BCUT2D eigenvalue weighted by Crippen LogP contribution is 2.43. The molecule has 2 aromatic carbocycles. The number of rotatable bonds is 4. The summed E-state index contributed by atoms with van der Waals surface area (Å²) >= 11 is 0. The van der Waals surface area contributed by atoms with Crippen LogP contribution in [0.3, 0.4) is 0 Å². The van der Waals surface area contributed by atoms with E-state index in [1.54, 1.807) is 44.7 Å². The fourth-order valence-electron chi connectivity index (χ4n) is 3.06. The Morgan fingerprint density at radius 1 is 1.00 bits per heavy atom. The zero-order valence-corrected chi connectivity index (χ0v) is 13.8. The number of aromatic nitrogens is 1. The standard InChI is InChI=1S/C19H16N2O4/c1-23-11-5-7-12(8-6-11)25-18-15-14(10-21-19(15)22)17(24-2)13-4-3-9-20-16(13)18/h3-9H,10H2,1-2H3,(H,21,22). The van der Waals surface area contributed by atoms with Gasteiger partial charge in [-0.2, -0.15) is 0 Å². The number of benzene rings is 2. The molecule has 0 atom stereocenters. The van der Waals surface area contributed by atoms with E-state index >= 15 is 0 Å². The predicted molar refractivity (Wildman–Crippen MR) is 92.5 cm³/mol. The number of pyridine rings is 1. The molecule has 4 rings (SSSR count). The van der Waals surface area contributed by atoms with Crippen molar-refractivity contribution >= 4 is 16.8 Å². The number of carbonyl (C=O) groups excluding carboxylic acids is 1. The zero-order chi connectivity index (χ0) is 17.4. The lowest BCUT2D eigenvalue weighted by Crippen LogP contribution is -2.13. The third-order valence-electron chi connectivity index (χ3n) is 4.21. The molecule has 6 heteroatoms. The van der Waals surface area contributed by atoms with Crippen molar-refractivity contribution in [3.8, 4) is 23.0 Å². The second-order valence-corrected chi connectivity index (χ2v) is 5.58. The molecule has 0 radical (unpaired) electrons. The highest BCUT2D eigenvalue weighted by Gasteiger charge is 2.31. The van der Waals surface area contributed by atoms with E-state index < -0.39 is 0 Å². The molecule has 0 unspecified atom stereocenters. The van der Waals surface area contributed by atoms with E-state index in [2.05, 4.69) is 10.3 Å². The SMILES string of the molecule is COc1ccc(Oc2c3c(c(OC)c4cccnc24)CNC3=O)cc1. The van der Waals surface area contributed by atoms with Crippen LogP contribution in [-0.4, -0.2) is 25.1 Å². The number of hydrogen-bond acceptors (Lipinski definition) is 5. The molecule has 0 fully saturated rings. The van der Waals surface area contributed by atoms with Gasteiger partial charge in [0.25, 0.3) is 5.91 Å². The Hall–Kier alpha value is -3.28. The average molecular weight is 336 g/mol. The number of amides is 1. The van der Waals surface area contributed by atoms with Crippen LogP contribution in [-0.2, 0) is 6.54 Å². The summed E-state index contributed by atoms with van der Waals surface area (Å²) in [5.74, 6) is 2.22. The maximum Gasteiger partial charge on any atom is 0.255 e. The first-order valence-electron chi connectivity index (χ1n) is 7.80. The summed E-state index contributed by atoms with van der Waals surface area (Å²) in [4.78, 5) is 16.8. The smallest absolute Gasteiger partial charge is 0.255 e. The molecule has 0 bridgehead atoms.